The molecule has 3 heterocycles. The number of aliphatic carboxylic acids is 1. The van der Waals surface area contributed by atoms with Crippen molar-refractivity contribution >= 4 is 69.0 Å². The summed E-state index contributed by atoms with van der Waals surface area (Å²) < 4.78 is 5.28. The maximum absolute atomic E-state index is 13.4. The van der Waals surface area contributed by atoms with E-state index in [1.165, 1.54) is 0 Å². The Morgan fingerprint density at radius 2 is 1.95 bits per heavy atom. The Bertz CT molecular complexity index is 1480. The number of methoxy groups -OCH3 is 1. The zero-order chi connectivity index (χ0) is 26.3. The van der Waals surface area contributed by atoms with Crippen molar-refractivity contribution in [2.45, 2.75) is 24.9 Å². The molecule has 0 bridgehead atoms. The lowest BCUT2D eigenvalue weighted by molar-refractivity contribution is -0.154. The predicted molar refractivity (Wildman–Crippen MR) is 142 cm³/mol. The number of carbonyl (C=O) groups excluding carboxylic acids is 3. The predicted octanol–water partition coefficient (Wildman–Crippen LogP) is 3.20. The van der Waals surface area contributed by atoms with Gasteiger partial charge in [-0.2, -0.15) is 0 Å². The molecule has 0 radical (unpaired) electrons. The first-order valence-electron chi connectivity index (χ1n) is 11.3. The molecule has 0 aliphatic carbocycles. The molecular formula is C26H21N3O6S2. The van der Waals surface area contributed by atoms with Crippen LogP contribution in [0.5, 0.6) is 5.75 Å². The molecule has 2 atom stereocenters. The van der Waals surface area contributed by atoms with E-state index < -0.39 is 35.8 Å². The number of aromatic nitrogens is 1. The van der Waals surface area contributed by atoms with Gasteiger partial charge in [-0.25, -0.2) is 4.79 Å². The Hall–Kier alpha value is -3.96. The number of likely N-dealkylation sites (tertiary alicyclic amines) is 1. The number of H-pyrrole nitrogens is 1. The van der Waals surface area contributed by atoms with Crippen molar-refractivity contribution in [3.8, 4) is 5.75 Å². The first-order valence-corrected chi connectivity index (χ1v) is 12.6. The molecule has 3 aromatic rings. The summed E-state index contributed by atoms with van der Waals surface area (Å²) in [6.07, 6.45) is 2.92. The van der Waals surface area contributed by atoms with Gasteiger partial charge in [0, 0.05) is 23.5 Å². The SMILES string of the molecule is COc1ccc(/C=C2\SC(=S)N(C3CC(=O)N(C(Cc4c[nH]c5ccccc45)C(=O)O)C3=O)C2=O)cc1. The fourth-order valence-electron chi connectivity index (χ4n) is 4.56. The summed E-state index contributed by atoms with van der Waals surface area (Å²) in [5, 5.41) is 10.8. The minimum atomic E-state index is -1.42. The number of hydrogen-bond acceptors (Lipinski definition) is 7. The second-order valence-electron chi connectivity index (χ2n) is 8.56. The molecule has 3 amide bonds. The van der Waals surface area contributed by atoms with E-state index in [0.29, 0.717) is 16.2 Å². The third-order valence-electron chi connectivity index (χ3n) is 6.39. The van der Waals surface area contributed by atoms with Crippen molar-refractivity contribution in [1.82, 2.24) is 14.8 Å². The minimum absolute atomic E-state index is 0.0701. The van der Waals surface area contributed by atoms with E-state index >= 15 is 0 Å². The molecule has 9 nitrogen and oxygen atoms in total. The lowest BCUT2D eigenvalue weighted by Gasteiger charge is -2.25. The number of rotatable bonds is 7. The quantitative estimate of drug-likeness (QED) is 0.269. The van der Waals surface area contributed by atoms with Gasteiger partial charge in [-0.1, -0.05) is 54.3 Å². The number of carbonyl (C=O) groups is 4. The van der Waals surface area contributed by atoms with Gasteiger partial charge in [0.25, 0.3) is 11.8 Å². The highest BCUT2D eigenvalue weighted by Crippen LogP contribution is 2.37. The molecule has 11 heteroatoms. The number of imide groups is 1. The number of aromatic amines is 1. The third kappa shape index (κ3) is 4.51. The molecule has 2 unspecified atom stereocenters. The maximum Gasteiger partial charge on any atom is 0.327 e. The molecule has 37 heavy (non-hydrogen) atoms. The van der Waals surface area contributed by atoms with Crippen LogP contribution in [-0.2, 0) is 25.6 Å². The van der Waals surface area contributed by atoms with Gasteiger partial charge in [0.15, 0.2) is 0 Å². The van der Waals surface area contributed by atoms with Crippen molar-refractivity contribution in [3.63, 3.8) is 0 Å². The molecule has 2 saturated heterocycles. The minimum Gasteiger partial charge on any atom is -0.497 e. The smallest absolute Gasteiger partial charge is 0.327 e. The number of hydrogen-bond donors (Lipinski definition) is 2. The van der Waals surface area contributed by atoms with Crippen molar-refractivity contribution in [3.05, 3.63) is 70.8 Å². The number of amides is 3. The molecule has 2 aliphatic heterocycles. The second kappa shape index (κ2) is 9.83. The van der Waals surface area contributed by atoms with Crippen LogP contribution in [0.4, 0.5) is 0 Å². The molecule has 0 spiro atoms. The summed E-state index contributed by atoms with van der Waals surface area (Å²) in [7, 11) is 1.55. The van der Waals surface area contributed by atoms with Gasteiger partial charge in [0.1, 0.15) is 22.2 Å². The highest BCUT2D eigenvalue weighted by atomic mass is 32.2. The summed E-state index contributed by atoms with van der Waals surface area (Å²) in [5.74, 6) is -2.55. The van der Waals surface area contributed by atoms with Gasteiger partial charge in [-0.15, -0.1) is 0 Å². The fourth-order valence-corrected chi connectivity index (χ4v) is 5.92. The Morgan fingerprint density at radius 1 is 1.22 bits per heavy atom. The molecule has 2 fully saturated rings. The zero-order valence-electron chi connectivity index (χ0n) is 19.5. The molecule has 2 aromatic carbocycles. The third-order valence-corrected chi connectivity index (χ3v) is 7.72. The van der Waals surface area contributed by atoms with Gasteiger partial charge >= 0.3 is 5.97 Å². The number of benzene rings is 2. The van der Waals surface area contributed by atoms with E-state index in [-0.39, 0.29) is 17.2 Å². The molecule has 5 rings (SSSR count). The van der Waals surface area contributed by atoms with Crippen molar-refractivity contribution in [2.24, 2.45) is 0 Å². The summed E-state index contributed by atoms with van der Waals surface area (Å²) in [5.41, 5.74) is 2.22. The Labute approximate surface area is 221 Å². The zero-order valence-corrected chi connectivity index (χ0v) is 21.2. The Kier molecular flexibility index (Phi) is 6.57. The molecule has 1 aromatic heterocycles. The van der Waals surface area contributed by atoms with Crippen molar-refractivity contribution < 1.29 is 29.0 Å². The summed E-state index contributed by atoms with van der Waals surface area (Å²) in [6, 6.07) is 11.8. The number of thioether (sulfide) groups is 1. The average Bonchev–Trinajstić information content (AvgIpc) is 3.51. The topological polar surface area (TPSA) is 120 Å². The molecule has 2 N–H and O–H groups in total. The first kappa shape index (κ1) is 24.7. The second-order valence-corrected chi connectivity index (χ2v) is 10.2. The number of carboxylic acid groups (broad SMARTS) is 1. The number of ether oxygens (including phenoxy) is 1. The van der Waals surface area contributed by atoms with Crippen LogP contribution in [0, 0.1) is 0 Å². The molecule has 188 valence electrons. The van der Waals surface area contributed by atoms with Crippen LogP contribution in [0.3, 0.4) is 0 Å². The van der Waals surface area contributed by atoms with E-state index in [1.54, 1.807) is 43.6 Å². The number of para-hydroxylation sites is 1. The summed E-state index contributed by atoms with van der Waals surface area (Å²) >= 11 is 6.42. The summed E-state index contributed by atoms with van der Waals surface area (Å²) in [4.78, 5) is 57.1. The van der Waals surface area contributed by atoms with E-state index in [2.05, 4.69) is 4.98 Å². The van der Waals surface area contributed by atoms with Crippen LogP contribution >= 0.6 is 24.0 Å². The average molecular weight is 536 g/mol. The van der Waals surface area contributed by atoms with Crippen LogP contribution in [0.25, 0.3) is 17.0 Å². The Morgan fingerprint density at radius 3 is 2.65 bits per heavy atom. The van der Waals surface area contributed by atoms with Crippen molar-refractivity contribution in [1.29, 1.82) is 0 Å². The number of thiocarbonyl (C=S) groups is 1. The van der Waals surface area contributed by atoms with Crippen LogP contribution < -0.4 is 4.74 Å². The van der Waals surface area contributed by atoms with Gasteiger partial charge in [-0.3, -0.25) is 24.2 Å². The van der Waals surface area contributed by atoms with Crippen molar-refractivity contribution in [2.75, 3.05) is 7.11 Å². The van der Waals surface area contributed by atoms with Gasteiger partial charge in [-0.05, 0) is 35.4 Å². The number of carboxylic acids is 1. The fraction of sp³-hybridized carbons (Fsp3) is 0.192. The molecule has 0 saturated carbocycles. The molecule has 2 aliphatic rings. The van der Waals surface area contributed by atoms with Crippen LogP contribution in [0.1, 0.15) is 17.5 Å². The standard InChI is InChI=1S/C26H21N3O6S2/c1-35-16-8-6-14(7-9-16)10-21-24(32)29(26(36)37-21)19-12-22(30)28(23(19)31)20(25(33)34)11-15-13-27-18-5-3-2-4-17(15)18/h2-10,13,19-20,27H,11-12H2,1H3,(H,33,34)/b21-10-. The highest BCUT2D eigenvalue weighted by Gasteiger charge is 2.51. The lowest BCUT2D eigenvalue weighted by Crippen LogP contribution is -2.50. The van der Waals surface area contributed by atoms with Gasteiger partial charge in [0.05, 0.1) is 18.4 Å². The normalized spacial score (nSPS) is 19.9. The van der Waals surface area contributed by atoms with Crippen LogP contribution in [0.15, 0.2) is 59.6 Å². The van der Waals surface area contributed by atoms with E-state index in [1.807, 2.05) is 24.3 Å². The van der Waals surface area contributed by atoms with Crippen LogP contribution in [0.2, 0.25) is 0 Å². The molecular weight excluding hydrogens is 514 g/mol. The number of fused-ring (bicyclic) bond motifs is 1. The highest BCUT2D eigenvalue weighted by molar-refractivity contribution is 8.26. The van der Waals surface area contributed by atoms with E-state index in [4.69, 9.17) is 17.0 Å². The largest absolute Gasteiger partial charge is 0.497 e. The van der Waals surface area contributed by atoms with E-state index in [9.17, 15) is 24.3 Å². The number of nitrogens with zero attached hydrogens (tertiary/aromatic N) is 2. The van der Waals surface area contributed by atoms with E-state index in [0.717, 1.165) is 38.0 Å². The van der Waals surface area contributed by atoms with Gasteiger partial charge in [0.2, 0.25) is 5.91 Å². The Balaban J connectivity index is 1.38. The monoisotopic (exact) mass is 535 g/mol. The number of nitrogens with one attached hydrogen (secondary N) is 1. The van der Waals surface area contributed by atoms with Crippen LogP contribution in [-0.4, -0.2) is 67.1 Å². The summed E-state index contributed by atoms with van der Waals surface area (Å²) in [6.45, 7) is 0. The van der Waals surface area contributed by atoms with Gasteiger partial charge < -0.3 is 14.8 Å². The lowest BCUT2D eigenvalue weighted by atomic mass is 10.0. The first-order chi connectivity index (χ1) is 17.8. The maximum atomic E-state index is 13.4.